The number of carbonyl (C=O) groups excluding carboxylic acids is 1. The highest BCUT2D eigenvalue weighted by molar-refractivity contribution is 6.76. The van der Waals surface area contributed by atoms with Crippen LogP contribution in [0.3, 0.4) is 0 Å². The zero-order valence-corrected chi connectivity index (χ0v) is 27.3. The Labute approximate surface area is 265 Å². The van der Waals surface area contributed by atoms with E-state index in [2.05, 4.69) is 24.7 Å². The SMILES string of the molecule is CCOc1cc(C(=O)N(Cc2cccc3cnn(COCC[Si](C)(C)C)c23)OCc2ccccc2)ccc1-c1cccc(F)c1. The van der Waals surface area contributed by atoms with Crippen molar-refractivity contribution < 1.29 is 23.5 Å². The van der Waals surface area contributed by atoms with Crippen molar-refractivity contribution in [2.75, 3.05) is 13.2 Å². The molecule has 5 rings (SSSR count). The van der Waals surface area contributed by atoms with Crippen LogP contribution in [0, 0.1) is 5.82 Å². The lowest BCUT2D eigenvalue weighted by Gasteiger charge is -2.24. The van der Waals surface area contributed by atoms with Gasteiger partial charge in [0.05, 0.1) is 24.9 Å². The first kappa shape index (κ1) is 32.1. The van der Waals surface area contributed by atoms with Gasteiger partial charge in [-0.1, -0.05) is 80.3 Å². The van der Waals surface area contributed by atoms with Crippen LogP contribution in [0.1, 0.15) is 28.4 Å². The Balaban J connectivity index is 1.45. The Hall–Kier alpha value is -4.31. The van der Waals surface area contributed by atoms with Crippen LogP contribution in [-0.2, 0) is 29.5 Å². The number of hydrogen-bond donors (Lipinski definition) is 0. The van der Waals surface area contributed by atoms with Crippen molar-refractivity contribution in [1.29, 1.82) is 0 Å². The smallest absolute Gasteiger partial charge is 0.277 e. The van der Waals surface area contributed by atoms with Crippen LogP contribution in [0.2, 0.25) is 25.7 Å². The maximum atomic E-state index is 14.1. The summed E-state index contributed by atoms with van der Waals surface area (Å²) in [5.41, 5.74) is 4.46. The minimum atomic E-state index is -1.22. The summed E-state index contributed by atoms with van der Waals surface area (Å²) in [5, 5.41) is 6.93. The first-order valence-electron chi connectivity index (χ1n) is 15.2. The molecule has 0 spiro atoms. The van der Waals surface area contributed by atoms with E-state index in [1.54, 1.807) is 24.3 Å². The molecule has 5 aromatic rings. The molecule has 0 unspecified atom stereocenters. The number of hydroxylamine groups is 2. The number of aromatic nitrogens is 2. The number of amides is 1. The van der Waals surface area contributed by atoms with Crippen molar-refractivity contribution in [3.8, 4) is 16.9 Å². The number of ether oxygens (including phenoxy) is 2. The molecule has 0 saturated carbocycles. The molecule has 0 aliphatic carbocycles. The molecule has 0 saturated heterocycles. The van der Waals surface area contributed by atoms with Gasteiger partial charge in [0, 0.05) is 36.8 Å². The van der Waals surface area contributed by atoms with Crippen molar-refractivity contribution in [3.05, 3.63) is 120 Å². The van der Waals surface area contributed by atoms with E-state index in [0.29, 0.717) is 42.4 Å². The Morgan fingerprint density at radius 1 is 0.956 bits per heavy atom. The fourth-order valence-electron chi connectivity index (χ4n) is 5.00. The first-order valence-corrected chi connectivity index (χ1v) is 19.0. The van der Waals surface area contributed by atoms with Crippen LogP contribution < -0.4 is 4.74 Å². The van der Waals surface area contributed by atoms with E-state index in [0.717, 1.165) is 28.1 Å². The number of rotatable bonds is 14. The predicted molar refractivity (Wildman–Crippen MR) is 178 cm³/mol. The Morgan fingerprint density at radius 3 is 2.51 bits per heavy atom. The normalized spacial score (nSPS) is 11.6. The molecule has 45 heavy (non-hydrogen) atoms. The lowest BCUT2D eigenvalue weighted by molar-refractivity contribution is -0.139. The van der Waals surface area contributed by atoms with Crippen molar-refractivity contribution in [2.24, 2.45) is 0 Å². The van der Waals surface area contributed by atoms with Crippen molar-refractivity contribution >= 4 is 24.9 Å². The minimum absolute atomic E-state index is 0.180. The van der Waals surface area contributed by atoms with Gasteiger partial charge in [-0.3, -0.25) is 9.63 Å². The minimum Gasteiger partial charge on any atom is -0.493 e. The maximum absolute atomic E-state index is 14.1. The van der Waals surface area contributed by atoms with E-state index in [1.165, 1.54) is 17.2 Å². The molecule has 7 nitrogen and oxygen atoms in total. The van der Waals surface area contributed by atoms with Gasteiger partial charge in [0.2, 0.25) is 0 Å². The van der Waals surface area contributed by atoms with E-state index in [1.807, 2.05) is 72.4 Å². The van der Waals surface area contributed by atoms with E-state index in [4.69, 9.17) is 14.3 Å². The monoisotopic (exact) mass is 625 g/mol. The van der Waals surface area contributed by atoms with Crippen LogP contribution in [0.25, 0.3) is 22.0 Å². The standard InChI is InChI=1S/C36H40FN3O4Si/c1-5-43-34-22-29(17-18-33(34)28-13-10-16-32(37)21-28)36(41)40(44-25-27-11-7-6-8-12-27)24-31-15-9-14-30-23-38-39(35(30)31)26-42-19-20-45(2,3)4/h6-18,21-23H,5,19-20,24-26H2,1-4H3. The van der Waals surface area contributed by atoms with Gasteiger partial charge in [0.1, 0.15) is 24.9 Å². The average molecular weight is 626 g/mol. The van der Waals surface area contributed by atoms with Gasteiger partial charge in [-0.2, -0.15) is 5.10 Å². The second kappa shape index (κ2) is 14.6. The third-order valence-electron chi connectivity index (χ3n) is 7.39. The number of para-hydroxylation sites is 1. The molecule has 4 aromatic carbocycles. The van der Waals surface area contributed by atoms with Gasteiger partial charge in [-0.05, 0) is 54.4 Å². The highest BCUT2D eigenvalue weighted by Crippen LogP contribution is 2.32. The molecule has 0 radical (unpaired) electrons. The lowest BCUT2D eigenvalue weighted by Crippen LogP contribution is -2.31. The van der Waals surface area contributed by atoms with Gasteiger partial charge in [0.25, 0.3) is 5.91 Å². The second-order valence-corrected chi connectivity index (χ2v) is 17.7. The molecule has 0 N–H and O–H groups in total. The zero-order valence-electron chi connectivity index (χ0n) is 26.3. The van der Waals surface area contributed by atoms with Gasteiger partial charge in [-0.25, -0.2) is 14.1 Å². The van der Waals surface area contributed by atoms with E-state index < -0.39 is 8.07 Å². The third kappa shape index (κ3) is 8.45. The van der Waals surface area contributed by atoms with E-state index in [9.17, 15) is 9.18 Å². The van der Waals surface area contributed by atoms with E-state index in [-0.39, 0.29) is 24.9 Å². The lowest BCUT2D eigenvalue weighted by atomic mass is 10.0. The van der Waals surface area contributed by atoms with Crippen LogP contribution in [0.5, 0.6) is 5.75 Å². The first-order chi connectivity index (χ1) is 21.7. The summed E-state index contributed by atoms with van der Waals surface area (Å²) in [7, 11) is -1.22. The molecule has 1 heterocycles. The summed E-state index contributed by atoms with van der Waals surface area (Å²) in [6.07, 6.45) is 1.82. The number of fused-ring (bicyclic) bond motifs is 1. The molecule has 0 bridgehead atoms. The highest BCUT2D eigenvalue weighted by Gasteiger charge is 2.22. The molecule has 1 amide bonds. The molecule has 0 atom stereocenters. The fourth-order valence-corrected chi connectivity index (χ4v) is 5.76. The fraction of sp³-hybridized carbons (Fsp3) is 0.278. The summed E-state index contributed by atoms with van der Waals surface area (Å²) < 4.78 is 27.8. The van der Waals surface area contributed by atoms with Crippen LogP contribution in [0.15, 0.2) is 97.2 Å². The molecule has 1 aromatic heterocycles. The van der Waals surface area contributed by atoms with Crippen LogP contribution in [0.4, 0.5) is 4.39 Å². The maximum Gasteiger partial charge on any atom is 0.277 e. The molecule has 234 valence electrons. The molecule has 9 heteroatoms. The number of halogens is 1. The van der Waals surface area contributed by atoms with Gasteiger partial charge < -0.3 is 9.47 Å². The topological polar surface area (TPSA) is 65.8 Å². The van der Waals surface area contributed by atoms with Crippen molar-refractivity contribution in [3.63, 3.8) is 0 Å². The number of carbonyl (C=O) groups is 1. The van der Waals surface area contributed by atoms with E-state index >= 15 is 0 Å². The summed E-state index contributed by atoms with van der Waals surface area (Å²) in [4.78, 5) is 20.4. The van der Waals surface area contributed by atoms with Crippen LogP contribution >= 0.6 is 0 Å². The predicted octanol–water partition coefficient (Wildman–Crippen LogP) is 8.33. The zero-order chi connectivity index (χ0) is 31.8. The average Bonchev–Trinajstić information content (AvgIpc) is 3.45. The highest BCUT2D eigenvalue weighted by atomic mass is 28.3. The molecular formula is C36H40FN3O4Si. The summed E-state index contributed by atoms with van der Waals surface area (Å²) in [5.74, 6) is -0.176. The Morgan fingerprint density at radius 2 is 1.76 bits per heavy atom. The molecule has 0 aliphatic rings. The van der Waals surface area contributed by atoms with Gasteiger partial charge in [-0.15, -0.1) is 0 Å². The number of benzene rings is 4. The van der Waals surface area contributed by atoms with Gasteiger partial charge >= 0.3 is 0 Å². The van der Waals surface area contributed by atoms with Gasteiger partial charge in [0.15, 0.2) is 0 Å². The Kier molecular flexibility index (Phi) is 10.4. The summed E-state index contributed by atoms with van der Waals surface area (Å²) in [6, 6.07) is 28.3. The third-order valence-corrected chi connectivity index (χ3v) is 9.09. The number of hydrogen-bond acceptors (Lipinski definition) is 5. The number of nitrogens with zero attached hydrogens (tertiary/aromatic N) is 3. The van der Waals surface area contributed by atoms with Crippen molar-refractivity contribution in [1.82, 2.24) is 14.8 Å². The molecular weight excluding hydrogens is 585 g/mol. The summed E-state index contributed by atoms with van der Waals surface area (Å²) in [6.45, 7) is 10.6. The second-order valence-electron chi connectivity index (χ2n) is 12.1. The summed E-state index contributed by atoms with van der Waals surface area (Å²) >= 11 is 0. The van der Waals surface area contributed by atoms with Crippen LogP contribution in [-0.4, -0.2) is 42.0 Å². The molecule has 0 aliphatic heterocycles. The largest absolute Gasteiger partial charge is 0.493 e. The Bertz CT molecular complexity index is 1740. The van der Waals surface area contributed by atoms with Crippen molar-refractivity contribution in [2.45, 2.75) is 52.5 Å². The molecule has 0 fully saturated rings. The quantitative estimate of drug-likeness (QED) is 0.0705.